The summed E-state index contributed by atoms with van der Waals surface area (Å²) < 4.78 is 4.96. The Bertz CT molecular complexity index is 151. The van der Waals surface area contributed by atoms with Gasteiger partial charge in [-0.25, -0.2) is 0 Å². The van der Waals surface area contributed by atoms with Gasteiger partial charge in [0, 0.05) is 5.92 Å². The highest BCUT2D eigenvalue weighted by molar-refractivity contribution is 7.59. The number of esters is 1. The summed E-state index contributed by atoms with van der Waals surface area (Å²) in [4.78, 5) is 10.8. The molecule has 0 aromatic heterocycles. The van der Waals surface area contributed by atoms with Crippen molar-refractivity contribution in [2.75, 3.05) is 0 Å². The number of carbonyl (C=O) groups excluding carboxylic acids is 1. The van der Waals surface area contributed by atoms with Gasteiger partial charge in [-0.2, -0.15) is 13.5 Å². The molecule has 1 saturated heterocycles. The van der Waals surface area contributed by atoms with Gasteiger partial charge >= 0.3 is 5.97 Å². The van der Waals surface area contributed by atoms with Crippen molar-refractivity contribution in [2.45, 2.75) is 31.7 Å². The molecule has 0 amide bonds. The van der Waals surface area contributed by atoms with E-state index in [0.29, 0.717) is 0 Å². The minimum atomic E-state index is -0.426. The highest BCUT2D eigenvalue weighted by Crippen LogP contribution is 2.28. The number of hydrogen-bond acceptors (Lipinski definition) is 2. The lowest BCUT2D eigenvalue weighted by Gasteiger charge is -2.09. The first-order chi connectivity index (χ1) is 4.66. The van der Waals surface area contributed by atoms with Gasteiger partial charge in [0.15, 0.2) is 0 Å². The molecule has 1 heterocycles. The van der Waals surface area contributed by atoms with Crippen LogP contribution in [0.3, 0.4) is 0 Å². The summed E-state index contributed by atoms with van der Waals surface area (Å²) in [7, 11) is 0. The smallest absolute Gasteiger partial charge is 0.324 e. The molecule has 2 nitrogen and oxygen atoms in total. The van der Waals surface area contributed by atoms with Crippen LogP contribution in [-0.2, 0) is 9.53 Å². The third-order valence-electron chi connectivity index (χ3n) is 1.94. The third kappa shape index (κ3) is 2.03. The van der Waals surface area contributed by atoms with Gasteiger partial charge in [0.25, 0.3) is 0 Å². The summed E-state index contributed by atoms with van der Waals surface area (Å²) in [5, 5.41) is -0.426. The maximum absolute atomic E-state index is 10.8. The Balaban J connectivity index is 0.000001000. The lowest BCUT2D eigenvalue weighted by molar-refractivity contribution is -0.141. The van der Waals surface area contributed by atoms with E-state index in [1.165, 1.54) is 0 Å². The Morgan fingerprint density at radius 3 is 2.36 bits per heavy atom. The van der Waals surface area contributed by atoms with Gasteiger partial charge in [-0.15, -0.1) is 11.6 Å². The predicted octanol–water partition coefficient (Wildman–Crippen LogP) is 1.68. The Morgan fingerprint density at radius 1 is 1.64 bits per heavy atom. The second-order valence-electron chi connectivity index (χ2n) is 2.64. The van der Waals surface area contributed by atoms with Gasteiger partial charge in [0.1, 0.15) is 11.5 Å². The zero-order valence-corrected chi connectivity index (χ0v) is 8.39. The molecule has 0 bridgehead atoms. The predicted molar refractivity (Wildman–Crippen MR) is 49.4 cm³/mol. The van der Waals surface area contributed by atoms with E-state index < -0.39 is 5.38 Å². The molecule has 66 valence electrons. The Kier molecular flexibility index (Phi) is 4.26. The van der Waals surface area contributed by atoms with E-state index in [1.54, 1.807) is 0 Å². The van der Waals surface area contributed by atoms with E-state index in [1.807, 2.05) is 13.8 Å². The van der Waals surface area contributed by atoms with Crippen LogP contribution in [0.15, 0.2) is 0 Å². The quantitative estimate of drug-likeness (QED) is 0.471. The largest absolute Gasteiger partial charge is 0.461 e. The molecule has 0 radical (unpaired) electrons. The van der Waals surface area contributed by atoms with E-state index in [4.69, 9.17) is 16.3 Å². The number of rotatable bonds is 1. The lowest BCUT2D eigenvalue weighted by Crippen LogP contribution is -2.16. The van der Waals surface area contributed by atoms with Crippen molar-refractivity contribution in [1.29, 1.82) is 0 Å². The second kappa shape index (κ2) is 4.21. The van der Waals surface area contributed by atoms with Gasteiger partial charge in [0.2, 0.25) is 0 Å². The van der Waals surface area contributed by atoms with Crippen LogP contribution in [0.4, 0.5) is 0 Å². The summed E-state index contributed by atoms with van der Waals surface area (Å²) in [6.45, 7) is 3.93. The SMILES string of the molecule is CC[C@H]1OC(=O)[C@@H](Cl)[C@@H]1C.S. The second-order valence-corrected chi connectivity index (χ2v) is 3.11. The Hall–Kier alpha value is 0.110. The molecule has 0 unspecified atom stereocenters. The van der Waals surface area contributed by atoms with E-state index in [2.05, 4.69) is 0 Å². The molecule has 3 atom stereocenters. The normalized spacial score (nSPS) is 36.3. The fourth-order valence-electron chi connectivity index (χ4n) is 1.18. The maximum Gasteiger partial charge on any atom is 0.324 e. The molecule has 1 aliphatic heterocycles. The van der Waals surface area contributed by atoms with Crippen LogP contribution in [0.1, 0.15) is 20.3 Å². The minimum Gasteiger partial charge on any atom is -0.461 e. The van der Waals surface area contributed by atoms with Crippen molar-refractivity contribution in [1.82, 2.24) is 0 Å². The average molecular weight is 197 g/mol. The molecule has 0 spiro atoms. The molecular weight excluding hydrogens is 184 g/mol. The standard InChI is InChI=1S/C7H11ClO2.H2S/c1-3-5-4(2)6(8)7(9)10-5;/h4-6H,3H2,1-2H3;1H2/t4-,5-,6+;/m1./s1. The molecule has 1 rings (SSSR count). The molecule has 1 aliphatic rings. The molecule has 0 saturated carbocycles. The highest BCUT2D eigenvalue weighted by Gasteiger charge is 2.39. The fraction of sp³-hybridized carbons (Fsp3) is 0.857. The van der Waals surface area contributed by atoms with Crippen molar-refractivity contribution in [3.8, 4) is 0 Å². The highest BCUT2D eigenvalue weighted by atomic mass is 35.5. The van der Waals surface area contributed by atoms with Gasteiger partial charge in [0.05, 0.1) is 0 Å². The monoisotopic (exact) mass is 196 g/mol. The molecule has 1 fully saturated rings. The van der Waals surface area contributed by atoms with Crippen LogP contribution in [0.25, 0.3) is 0 Å². The minimum absolute atomic E-state index is 0. The fourth-order valence-corrected chi connectivity index (χ4v) is 1.39. The first-order valence-electron chi connectivity index (χ1n) is 3.51. The molecule has 0 N–H and O–H groups in total. The molecule has 0 aromatic rings. The number of alkyl halides is 1. The first kappa shape index (κ1) is 11.1. The van der Waals surface area contributed by atoms with Crippen molar-refractivity contribution in [2.24, 2.45) is 5.92 Å². The zero-order chi connectivity index (χ0) is 7.72. The topological polar surface area (TPSA) is 26.3 Å². The number of hydrogen-bond donors (Lipinski definition) is 0. The number of halogens is 1. The van der Waals surface area contributed by atoms with Gasteiger partial charge in [-0.1, -0.05) is 13.8 Å². The van der Waals surface area contributed by atoms with Crippen LogP contribution in [0, 0.1) is 5.92 Å². The summed E-state index contributed by atoms with van der Waals surface area (Å²) in [6, 6.07) is 0. The summed E-state index contributed by atoms with van der Waals surface area (Å²) in [5.74, 6) is -0.0971. The lowest BCUT2D eigenvalue weighted by atomic mass is 10.0. The Morgan fingerprint density at radius 2 is 2.18 bits per heavy atom. The van der Waals surface area contributed by atoms with Crippen molar-refractivity contribution in [3.05, 3.63) is 0 Å². The third-order valence-corrected chi connectivity index (χ3v) is 2.52. The molecule has 0 aliphatic carbocycles. The van der Waals surface area contributed by atoms with Crippen LogP contribution < -0.4 is 0 Å². The molecule has 4 heteroatoms. The summed E-state index contributed by atoms with van der Waals surface area (Å²) in [5.41, 5.74) is 0. The Labute approximate surface area is 78.7 Å². The van der Waals surface area contributed by atoms with Crippen LogP contribution in [-0.4, -0.2) is 17.5 Å². The van der Waals surface area contributed by atoms with Crippen molar-refractivity contribution >= 4 is 31.1 Å². The van der Waals surface area contributed by atoms with E-state index >= 15 is 0 Å². The van der Waals surface area contributed by atoms with Gasteiger partial charge in [-0.05, 0) is 6.42 Å². The van der Waals surface area contributed by atoms with Crippen LogP contribution in [0.5, 0.6) is 0 Å². The molecule has 0 aromatic carbocycles. The summed E-state index contributed by atoms with van der Waals surface area (Å²) in [6.07, 6.45) is 0.894. The zero-order valence-electron chi connectivity index (χ0n) is 6.63. The average Bonchev–Trinajstić information content (AvgIpc) is 2.17. The molecule has 11 heavy (non-hydrogen) atoms. The van der Waals surface area contributed by atoms with E-state index in [-0.39, 0.29) is 31.5 Å². The van der Waals surface area contributed by atoms with Crippen LogP contribution >= 0.6 is 25.1 Å². The number of carbonyl (C=O) groups is 1. The number of cyclic esters (lactones) is 1. The van der Waals surface area contributed by atoms with E-state index in [9.17, 15) is 4.79 Å². The molecular formula is C7H13ClO2S. The van der Waals surface area contributed by atoms with Gasteiger partial charge in [-0.3, -0.25) is 4.79 Å². The maximum atomic E-state index is 10.8. The van der Waals surface area contributed by atoms with Crippen molar-refractivity contribution in [3.63, 3.8) is 0 Å². The van der Waals surface area contributed by atoms with Crippen molar-refractivity contribution < 1.29 is 9.53 Å². The number of ether oxygens (including phenoxy) is 1. The van der Waals surface area contributed by atoms with E-state index in [0.717, 1.165) is 6.42 Å². The van der Waals surface area contributed by atoms with Crippen LogP contribution in [0.2, 0.25) is 0 Å². The summed E-state index contributed by atoms with van der Waals surface area (Å²) >= 11 is 5.71. The first-order valence-corrected chi connectivity index (χ1v) is 3.95. The van der Waals surface area contributed by atoms with Gasteiger partial charge < -0.3 is 4.74 Å².